The highest BCUT2D eigenvalue weighted by Crippen LogP contribution is 2.45. The van der Waals surface area contributed by atoms with Crippen molar-refractivity contribution in [3.8, 4) is 28.2 Å². The van der Waals surface area contributed by atoms with Gasteiger partial charge >= 0.3 is 5.97 Å². The highest BCUT2D eigenvalue weighted by Gasteiger charge is 2.29. The summed E-state index contributed by atoms with van der Waals surface area (Å²) in [6.45, 7) is 0. The highest BCUT2D eigenvalue weighted by molar-refractivity contribution is 7.86. The van der Waals surface area contributed by atoms with Gasteiger partial charge in [0.25, 0.3) is 0 Å². The number of anilines is 1. The van der Waals surface area contributed by atoms with Gasteiger partial charge in [0.15, 0.2) is 23.0 Å². The lowest BCUT2D eigenvalue weighted by molar-refractivity contribution is -0.254. The van der Waals surface area contributed by atoms with E-state index >= 15 is 0 Å². The second-order valence-electron chi connectivity index (χ2n) is 9.30. The van der Waals surface area contributed by atoms with Crippen LogP contribution in [0.3, 0.4) is 0 Å². The van der Waals surface area contributed by atoms with Crippen LogP contribution in [0, 0.1) is 28.7 Å². The molecule has 238 valence electrons. The minimum absolute atomic E-state index is 0.157. The SMILES string of the molecule is N=c1ccc2c(-c3ccc(C(=O)Oc4c(F)c(F)cc(F)c4F)cc3C(=O)[O-])c3ccc(N)c(S(=O)(=O)[O-])c3oc-2c1S(=O)(=O)[O-]. The molecule has 0 aromatic heterocycles. The van der Waals surface area contributed by atoms with Crippen LogP contribution in [-0.2, 0) is 20.2 Å². The van der Waals surface area contributed by atoms with Crippen molar-refractivity contribution in [2.24, 2.45) is 0 Å². The third kappa shape index (κ3) is 5.30. The zero-order valence-electron chi connectivity index (χ0n) is 22.0. The van der Waals surface area contributed by atoms with Gasteiger partial charge in [-0.1, -0.05) is 6.07 Å². The van der Waals surface area contributed by atoms with Gasteiger partial charge in [-0.2, -0.15) is 8.78 Å². The van der Waals surface area contributed by atoms with Crippen molar-refractivity contribution >= 4 is 48.8 Å². The van der Waals surface area contributed by atoms with Crippen LogP contribution in [-0.4, -0.2) is 37.9 Å². The Bertz CT molecular complexity index is 2400. The number of fused-ring (bicyclic) bond motifs is 2. The molecule has 0 bridgehead atoms. The molecule has 0 fully saturated rings. The molecule has 0 spiro atoms. The van der Waals surface area contributed by atoms with E-state index in [-0.39, 0.29) is 6.07 Å². The van der Waals surface area contributed by atoms with Crippen LogP contribution < -0.4 is 20.9 Å². The predicted octanol–water partition coefficient (Wildman–Crippen LogP) is 2.21. The van der Waals surface area contributed by atoms with Crippen LogP contribution in [0.25, 0.3) is 33.4 Å². The Morgan fingerprint density at radius 2 is 1.41 bits per heavy atom. The minimum Gasteiger partial charge on any atom is -0.744 e. The average molecular weight is 680 g/mol. The smallest absolute Gasteiger partial charge is 0.343 e. The van der Waals surface area contributed by atoms with Crippen molar-refractivity contribution in [2.45, 2.75) is 9.79 Å². The number of benzene rings is 4. The number of nitrogen functional groups attached to an aromatic ring is 1. The van der Waals surface area contributed by atoms with Gasteiger partial charge in [-0.3, -0.25) is 5.41 Å². The number of halogens is 4. The van der Waals surface area contributed by atoms with Crippen LogP contribution in [0.15, 0.2) is 62.7 Å². The number of nitrogens with one attached hydrogen (secondary N) is 1. The second kappa shape index (κ2) is 10.9. The Morgan fingerprint density at radius 3 is 1.98 bits per heavy atom. The summed E-state index contributed by atoms with van der Waals surface area (Å²) in [6, 6.07) is 5.74. The normalized spacial score (nSPS) is 12.0. The average Bonchev–Trinajstić information content (AvgIpc) is 2.95. The van der Waals surface area contributed by atoms with E-state index in [9.17, 15) is 58.2 Å². The van der Waals surface area contributed by atoms with Crippen molar-refractivity contribution in [3.63, 3.8) is 0 Å². The molecule has 19 heteroatoms. The van der Waals surface area contributed by atoms with Crippen LogP contribution in [0.4, 0.5) is 23.2 Å². The summed E-state index contributed by atoms with van der Waals surface area (Å²) in [5.41, 5.74) is 0.923. The summed E-state index contributed by atoms with van der Waals surface area (Å²) < 4.78 is 138. The lowest BCUT2D eigenvalue weighted by Crippen LogP contribution is -2.24. The molecular weight excluding hydrogens is 668 g/mol. The minimum atomic E-state index is -5.57. The number of hydrogen-bond donors (Lipinski definition) is 2. The van der Waals surface area contributed by atoms with Crippen LogP contribution in [0.5, 0.6) is 5.75 Å². The van der Waals surface area contributed by atoms with Gasteiger partial charge in [0.2, 0.25) is 17.4 Å². The Kier molecular flexibility index (Phi) is 7.60. The molecule has 0 radical (unpaired) electrons. The van der Waals surface area contributed by atoms with Gasteiger partial charge in [0, 0.05) is 28.1 Å². The molecule has 1 heterocycles. The van der Waals surface area contributed by atoms with Crippen LogP contribution >= 0.6 is 0 Å². The lowest BCUT2D eigenvalue weighted by atomic mass is 9.89. The lowest BCUT2D eigenvalue weighted by Gasteiger charge is -2.23. The molecule has 3 aromatic rings. The second-order valence-corrected chi connectivity index (χ2v) is 11.9. The summed E-state index contributed by atoms with van der Waals surface area (Å²) in [5.74, 6) is -14.6. The largest absolute Gasteiger partial charge is 0.744 e. The Balaban J connectivity index is 1.85. The zero-order valence-corrected chi connectivity index (χ0v) is 23.6. The van der Waals surface area contributed by atoms with Crippen molar-refractivity contribution < 1.29 is 67.4 Å². The maximum atomic E-state index is 14.1. The van der Waals surface area contributed by atoms with E-state index in [0.29, 0.717) is 6.07 Å². The standard InChI is InChI=1S/C27H14F4N2O11S2/c28-14-8-15(29)20(31)23(19(14)30)44-27(36)9-1-2-10(13(7-9)26(34)35)18-11-3-5-16(32)24(45(37,38)39)21(11)43-22-12(18)4-6-17(33)25(22)46(40,41)42/h1-8,32H,33H2,(H,34,35)(H,37,38,39)(H,40,41,42)/p-3. The maximum absolute atomic E-state index is 14.1. The van der Waals surface area contributed by atoms with Crippen molar-refractivity contribution in [2.75, 3.05) is 5.73 Å². The fraction of sp³-hybridized carbons (Fsp3) is 0. The molecule has 1 aliphatic heterocycles. The fourth-order valence-corrected chi connectivity index (χ4v) is 6.08. The van der Waals surface area contributed by atoms with Crippen molar-refractivity contribution in [3.05, 3.63) is 88.3 Å². The molecule has 1 aliphatic carbocycles. The summed E-state index contributed by atoms with van der Waals surface area (Å²) >= 11 is 0. The molecule has 5 rings (SSSR count). The molecule has 13 nitrogen and oxygen atoms in total. The van der Waals surface area contributed by atoms with Gasteiger partial charge in [-0.25, -0.2) is 30.4 Å². The Labute approximate surface area is 253 Å². The first-order chi connectivity index (χ1) is 21.3. The Hall–Kier alpha value is -5.37. The van der Waals surface area contributed by atoms with Gasteiger partial charge in [0.05, 0.1) is 22.6 Å². The van der Waals surface area contributed by atoms with E-state index in [1.54, 1.807) is 0 Å². The number of carboxylic acids is 1. The fourth-order valence-electron chi connectivity index (χ4n) is 4.63. The van der Waals surface area contributed by atoms with E-state index in [0.717, 1.165) is 36.4 Å². The number of esters is 1. The van der Waals surface area contributed by atoms with E-state index < -0.39 is 127 Å². The maximum Gasteiger partial charge on any atom is 0.343 e. The predicted molar refractivity (Wildman–Crippen MR) is 140 cm³/mol. The quantitative estimate of drug-likeness (QED) is 0.0499. The molecule has 0 saturated heterocycles. The molecule has 3 aromatic carbocycles. The van der Waals surface area contributed by atoms with Gasteiger partial charge in [-0.15, -0.1) is 0 Å². The molecular formula is C27H11F4N2O11S2-3. The topological polar surface area (TPSA) is 244 Å². The molecule has 46 heavy (non-hydrogen) atoms. The van der Waals surface area contributed by atoms with Crippen LogP contribution in [0.1, 0.15) is 20.7 Å². The number of ether oxygens (including phenoxy) is 1. The van der Waals surface area contributed by atoms with Crippen molar-refractivity contribution in [1.82, 2.24) is 0 Å². The van der Waals surface area contributed by atoms with E-state index in [4.69, 9.17) is 15.6 Å². The van der Waals surface area contributed by atoms with E-state index in [1.807, 2.05) is 0 Å². The number of rotatable bonds is 6. The number of carbonyl (C=O) groups is 2. The van der Waals surface area contributed by atoms with Gasteiger partial charge < -0.3 is 33.9 Å². The molecule has 3 N–H and O–H groups in total. The van der Waals surface area contributed by atoms with E-state index in [1.165, 1.54) is 0 Å². The van der Waals surface area contributed by atoms with Crippen molar-refractivity contribution in [1.29, 1.82) is 5.41 Å². The monoisotopic (exact) mass is 679 g/mol. The number of carboxylic acid groups (broad SMARTS) is 1. The summed E-state index contributed by atoms with van der Waals surface area (Å²) in [6.07, 6.45) is 0. The number of hydrogen-bond acceptors (Lipinski definition) is 13. The summed E-state index contributed by atoms with van der Waals surface area (Å²) in [7, 11) is -11.1. The first kappa shape index (κ1) is 32.0. The molecule has 0 unspecified atom stereocenters. The molecule has 2 aliphatic rings. The van der Waals surface area contributed by atoms with E-state index in [2.05, 4.69) is 4.74 Å². The highest BCUT2D eigenvalue weighted by atomic mass is 32.2. The van der Waals surface area contributed by atoms with Gasteiger partial charge in [-0.05, 0) is 42.0 Å². The number of nitrogens with two attached hydrogens (primary N) is 1. The number of carbonyl (C=O) groups excluding carboxylic acids is 2. The first-order valence-electron chi connectivity index (χ1n) is 12.0. The number of aromatic carboxylic acids is 1. The Morgan fingerprint density at radius 1 is 0.826 bits per heavy atom. The third-order valence-corrected chi connectivity index (χ3v) is 8.33. The zero-order chi connectivity index (χ0) is 34.0. The molecule has 0 saturated carbocycles. The van der Waals surface area contributed by atoms with Gasteiger partial charge in [0.1, 0.15) is 30.0 Å². The van der Waals surface area contributed by atoms with Crippen LogP contribution in [0.2, 0.25) is 0 Å². The third-order valence-electron chi connectivity index (χ3n) is 6.51. The summed E-state index contributed by atoms with van der Waals surface area (Å²) in [4.78, 5) is 22.5. The summed E-state index contributed by atoms with van der Waals surface area (Å²) in [5, 5.41) is 18.9. The molecule has 0 amide bonds. The first-order valence-corrected chi connectivity index (χ1v) is 14.8. The molecule has 0 atom stereocenters.